The SMILES string of the molecule is O=C(O)Nc1cnn(-c2cc(F)cc(F)c2)c1.O=C1OCCCN1C1CCCCC1. The normalized spacial score (nSPS) is 17.0. The summed E-state index contributed by atoms with van der Waals surface area (Å²) in [7, 11) is 0. The molecule has 1 saturated carbocycles. The summed E-state index contributed by atoms with van der Waals surface area (Å²) >= 11 is 0. The van der Waals surface area contributed by atoms with E-state index in [1.807, 2.05) is 4.90 Å². The first-order valence-corrected chi connectivity index (χ1v) is 9.87. The number of carbonyl (C=O) groups is 2. The van der Waals surface area contributed by atoms with E-state index >= 15 is 0 Å². The number of hydrogen-bond donors (Lipinski definition) is 2. The summed E-state index contributed by atoms with van der Waals surface area (Å²) in [6.45, 7) is 1.52. The molecule has 2 amide bonds. The van der Waals surface area contributed by atoms with Crippen LogP contribution in [0.5, 0.6) is 0 Å². The maximum Gasteiger partial charge on any atom is 0.410 e. The van der Waals surface area contributed by atoms with Crippen molar-refractivity contribution >= 4 is 17.9 Å². The zero-order valence-corrected chi connectivity index (χ0v) is 16.4. The highest BCUT2D eigenvalue weighted by Crippen LogP contribution is 2.24. The van der Waals surface area contributed by atoms with Crippen molar-refractivity contribution in [2.24, 2.45) is 0 Å². The van der Waals surface area contributed by atoms with Gasteiger partial charge in [-0.1, -0.05) is 19.3 Å². The summed E-state index contributed by atoms with van der Waals surface area (Å²) in [6.07, 6.45) is 8.45. The molecule has 1 aliphatic heterocycles. The predicted octanol–water partition coefficient (Wildman–Crippen LogP) is 4.40. The second-order valence-corrected chi connectivity index (χ2v) is 7.18. The summed E-state index contributed by atoms with van der Waals surface area (Å²) in [6, 6.07) is 3.38. The van der Waals surface area contributed by atoms with Crippen LogP contribution in [0.25, 0.3) is 5.69 Å². The van der Waals surface area contributed by atoms with Crippen LogP contribution in [-0.2, 0) is 4.74 Å². The van der Waals surface area contributed by atoms with Crippen molar-refractivity contribution in [2.45, 2.75) is 44.6 Å². The Kier molecular flexibility index (Phi) is 7.21. The number of carbonyl (C=O) groups excluding carboxylic acids is 1. The number of nitrogens with one attached hydrogen (secondary N) is 1. The molecule has 1 aromatic heterocycles. The Morgan fingerprint density at radius 3 is 2.47 bits per heavy atom. The molecule has 2 aliphatic rings. The smallest absolute Gasteiger partial charge is 0.410 e. The monoisotopic (exact) mass is 422 g/mol. The summed E-state index contributed by atoms with van der Waals surface area (Å²) in [5, 5.41) is 14.3. The molecule has 2 fully saturated rings. The molecule has 2 N–H and O–H groups in total. The minimum Gasteiger partial charge on any atom is -0.465 e. The molecule has 1 saturated heterocycles. The molecule has 4 rings (SSSR count). The molecule has 2 aromatic rings. The number of anilines is 1. The fourth-order valence-electron chi connectivity index (χ4n) is 3.62. The molecule has 1 aromatic carbocycles. The molecular formula is C20H24F2N4O4. The molecule has 10 heteroatoms. The van der Waals surface area contributed by atoms with Crippen molar-refractivity contribution in [3.63, 3.8) is 0 Å². The van der Waals surface area contributed by atoms with E-state index in [-0.39, 0.29) is 17.5 Å². The van der Waals surface area contributed by atoms with Gasteiger partial charge in [-0.2, -0.15) is 5.10 Å². The number of amides is 2. The number of ether oxygens (including phenoxy) is 1. The van der Waals surface area contributed by atoms with Gasteiger partial charge in [0, 0.05) is 18.7 Å². The number of cyclic esters (lactones) is 1. The quantitative estimate of drug-likeness (QED) is 0.764. The van der Waals surface area contributed by atoms with Gasteiger partial charge in [-0.25, -0.2) is 23.1 Å². The number of halogens is 2. The fraction of sp³-hybridized carbons (Fsp3) is 0.450. The van der Waals surface area contributed by atoms with Crippen molar-refractivity contribution in [3.8, 4) is 5.69 Å². The number of hydrogen-bond acceptors (Lipinski definition) is 4. The third-order valence-electron chi connectivity index (χ3n) is 4.96. The van der Waals surface area contributed by atoms with E-state index in [0.717, 1.165) is 35.8 Å². The molecule has 1 aliphatic carbocycles. The van der Waals surface area contributed by atoms with Crippen molar-refractivity contribution < 1.29 is 28.2 Å². The predicted molar refractivity (Wildman–Crippen MR) is 105 cm³/mol. The Hall–Kier alpha value is -3.17. The number of benzene rings is 1. The molecule has 162 valence electrons. The highest BCUT2D eigenvalue weighted by Gasteiger charge is 2.28. The van der Waals surface area contributed by atoms with Crippen LogP contribution in [0.1, 0.15) is 38.5 Å². The number of nitrogens with zero attached hydrogens (tertiary/aromatic N) is 3. The molecule has 0 atom stereocenters. The van der Waals surface area contributed by atoms with Crippen LogP contribution in [0.2, 0.25) is 0 Å². The van der Waals surface area contributed by atoms with Gasteiger partial charge in [-0.15, -0.1) is 0 Å². The van der Waals surface area contributed by atoms with Gasteiger partial charge >= 0.3 is 12.2 Å². The van der Waals surface area contributed by atoms with Gasteiger partial charge in [0.05, 0.1) is 30.4 Å². The van der Waals surface area contributed by atoms with Gasteiger partial charge in [0.15, 0.2) is 0 Å². The van der Waals surface area contributed by atoms with Gasteiger partial charge in [0.25, 0.3) is 0 Å². The average Bonchev–Trinajstić information content (AvgIpc) is 3.17. The third kappa shape index (κ3) is 5.91. The standard InChI is InChI=1S/C10H7F2N3O2.C10H17NO2/c11-6-1-7(12)3-9(2-6)15-5-8(4-13-15)14-10(16)17;12-10-11(7-4-8-13-10)9-5-2-1-3-6-9/h1-5,14H,(H,16,17);9H,1-8H2. The minimum absolute atomic E-state index is 0.0850. The highest BCUT2D eigenvalue weighted by atomic mass is 19.1. The van der Waals surface area contributed by atoms with Gasteiger partial charge in [0.2, 0.25) is 0 Å². The maximum absolute atomic E-state index is 12.9. The van der Waals surface area contributed by atoms with Crippen LogP contribution in [0.4, 0.5) is 24.1 Å². The van der Waals surface area contributed by atoms with Crippen LogP contribution >= 0.6 is 0 Å². The van der Waals surface area contributed by atoms with Crippen molar-refractivity contribution in [2.75, 3.05) is 18.5 Å². The van der Waals surface area contributed by atoms with Crippen LogP contribution in [0.3, 0.4) is 0 Å². The van der Waals surface area contributed by atoms with Gasteiger partial charge < -0.3 is 14.7 Å². The summed E-state index contributed by atoms with van der Waals surface area (Å²) in [5.74, 6) is -1.47. The average molecular weight is 422 g/mol. The molecule has 0 unspecified atom stereocenters. The van der Waals surface area contributed by atoms with E-state index in [1.165, 1.54) is 44.5 Å². The Morgan fingerprint density at radius 2 is 1.83 bits per heavy atom. The largest absolute Gasteiger partial charge is 0.465 e. The van der Waals surface area contributed by atoms with Crippen LogP contribution in [-0.4, -0.2) is 51.2 Å². The van der Waals surface area contributed by atoms with E-state index in [9.17, 15) is 18.4 Å². The first kappa shape index (κ1) is 21.5. The molecule has 0 radical (unpaired) electrons. The van der Waals surface area contributed by atoms with Gasteiger partial charge in [-0.05, 0) is 31.4 Å². The Balaban J connectivity index is 0.000000177. The first-order valence-electron chi connectivity index (χ1n) is 9.87. The number of carboxylic acid groups (broad SMARTS) is 1. The lowest BCUT2D eigenvalue weighted by Crippen LogP contribution is -2.45. The molecule has 2 heterocycles. The second kappa shape index (κ2) is 10.0. The lowest BCUT2D eigenvalue weighted by atomic mass is 9.94. The Labute approximate surface area is 172 Å². The summed E-state index contributed by atoms with van der Waals surface area (Å²) in [4.78, 5) is 23.7. The van der Waals surface area contributed by atoms with Gasteiger partial charge in [-0.3, -0.25) is 5.32 Å². The molecule has 8 nitrogen and oxygen atoms in total. The van der Waals surface area contributed by atoms with Crippen LogP contribution in [0, 0.1) is 11.6 Å². The van der Waals surface area contributed by atoms with Crippen molar-refractivity contribution in [3.05, 3.63) is 42.2 Å². The van der Waals surface area contributed by atoms with E-state index in [4.69, 9.17) is 9.84 Å². The second-order valence-electron chi connectivity index (χ2n) is 7.18. The highest BCUT2D eigenvalue weighted by molar-refractivity contribution is 5.82. The lowest BCUT2D eigenvalue weighted by molar-refractivity contribution is 0.0470. The summed E-state index contributed by atoms with van der Waals surface area (Å²) < 4.78 is 32.1. The Morgan fingerprint density at radius 1 is 1.13 bits per heavy atom. The molecular weight excluding hydrogens is 398 g/mol. The zero-order valence-electron chi connectivity index (χ0n) is 16.4. The van der Waals surface area contributed by atoms with Crippen molar-refractivity contribution in [1.29, 1.82) is 0 Å². The van der Waals surface area contributed by atoms with E-state index < -0.39 is 17.7 Å². The topological polar surface area (TPSA) is 96.7 Å². The Bertz CT molecular complexity index is 863. The molecule has 0 bridgehead atoms. The van der Waals surface area contributed by atoms with Gasteiger partial charge in [0.1, 0.15) is 11.6 Å². The molecule has 30 heavy (non-hydrogen) atoms. The lowest BCUT2D eigenvalue weighted by Gasteiger charge is -2.35. The third-order valence-corrected chi connectivity index (χ3v) is 4.96. The minimum atomic E-state index is -1.24. The van der Waals surface area contributed by atoms with E-state index in [0.29, 0.717) is 12.6 Å². The first-order chi connectivity index (χ1) is 14.4. The number of rotatable bonds is 3. The van der Waals surface area contributed by atoms with Crippen LogP contribution in [0.15, 0.2) is 30.6 Å². The number of aromatic nitrogens is 2. The maximum atomic E-state index is 12.9. The van der Waals surface area contributed by atoms with Crippen molar-refractivity contribution in [1.82, 2.24) is 14.7 Å². The zero-order chi connectivity index (χ0) is 21.5. The molecule has 0 spiro atoms. The fourth-order valence-corrected chi connectivity index (χ4v) is 3.62. The van der Waals surface area contributed by atoms with E-state index in [1.54, 1.807) is 0 Å². The summed E-state index contributed by atoms with van der Waals surface area (Å²) in [5.41, 5.74) is 0.378. The van der Waals surface area contributed by atoms with E-state index in [2.05, 4.69) is 10.4 Å². The van der Waals surface area contributed by atoms with Crippen LogP contribution < -0.4 is 5.32 Å².